The van der Waals surface area contributed by atoms with Gasteiger partial charge in [0.25, 0.3) is 0 Å². The first-order valence-corrected chi connectivity index (χ1v) is 8.06. The smallest absolute Gasteiger partial charge is 0.0822 e. The summed E-state index contributed by atoms with van der Waals surface area (Å²) >= 11 is 6.00. The van der Waals surface area contributed by atoms with Gasteiger partial charge < -0.3 is 9.84 Å². The zero-order valence-corrected chi connectivity index (χ0v) is 12.8. The predicted molar refractivity (Wildman–Crippen MR) is 81.0 cm³/mol. The fraction of sp³-hybridized carbons (Fsp3) is 0.647. The molecule has 1 heterocycles. The second-order valence-corrected chi connectivity index (χ2v) is 6.87. The molecule has 1 aromatic rings. The quantitative estimate of drug-likeness (QED) is 0.875. The number of aryl methyl sites for hydroxylation is 1. The van der Waals surface area contributed by atoms with Crippen molar-refractivity contribution in [2.24, 2.45) is 5.92 Å². The van der Waals surface area contributed by atoms with Gasteiger partial charge in [0.2, 0.25) is 0 Å². The van der Waals surface area contributed by atoms with E-state index >= 15 is 0 Å². The van der Waals surface area contributed by atoms with Crippen molar-refractivity contribution < 1.29 is 9.84 Å². The zero-order chi connectivity index (χ0) is 14.2. The summed E-state index contributed by atoms with van der Waals surface area (Å²) in [7, 11) is 0. The molecule has 1 aliphatic carbocycles. The summed E-state index contributed by atoms with van der Waals surface area (Å²) in [5.41, 5.74) is 2.16. The lowest BCUT2D eigenvalue weighted by molar-refractivity contribution is -0.113. The van der Waals surface area contributed by atoms with Gasteiger partial charge in [0.1, 0.15) is 0 Å². The van der Waals surface area contributed by atoms with Gasteiger partial charge in [0.15, 0.2) is 0 Å². The molecule has 1 saturated carbocycles. The van der Waals surface area contributed by atoms with Gasteiger partial charge in [0, 0.05) is 11.6 Å². The van der Waals surface area contributed by atoms with Gasteiger partial charge in [0.05, 0.1) is 11.7 Å². The Hall–Kier alpha value is -0.570. The average molecular weight is 295 g/mol. The van der Waals surface area contributed by atoms with Crippen molar-refractivity contribution in [3.8, 4) is 0 Å². The third-order valence-electron chi connectivity index (χ3n) is 5.04. The molecular weight excluding hydrogens is 272 g/mol. The van der Waals surface area contributed by atoms with Crippen LogP contribution in [0.2, 0.25) is 5.02 Å². The first kappa shape index (κ1) is 14.4. The van der Waals surface area contributed by atoms with Crippen molar-refractivity contribution in [1.29, 1.82) is 0 Å². The highest BCUT2D eigenvalue weighted by atomic mass is 35.5. The summed E-state index contributed by atoms with van der Waals surface area (Å²) in [4.78, 5) is 0. The van der Waals surface area contributed by atoms with E-state index in [0.717, 1.165) is 48.4 Å². The minimum Gasteiger partial charge on any atom is -0.388 e. The Labute approximate surface area is 126 Å². The summed E-state index contributed by atoms with van der Waals surface area (Å²) in [5.74, 6) is 0.307. The molecule has 110 valence electrons. The third kappa shape index (κ3) is 2.74. The van der Waals surface area contributed by atoms with Gasteiger partial charge in [-0.1, -0.05) is 30.5 Å². The van der Waals surface area contributed by atoms with E-state index in [0.29, 0.717) is 5.92 Å². The van der Waals surface area contributed by atoms with Gasteiger partial charge in [-0.05, 0) is 61.8 Å². The van der Waals surface area contributed by atoms with Crippen LogP contribution in [0.5, 0.6) is 0 Å². The number of ether oxygens (including phenoxy) is 1. The van der Waals surface area contributed by atoms with Crippen LogP contribution in [0.4, 0.5) is 0 Å². The van der Waals surface area contributed by atoms with Crippen molar-refractivity contribution >= 4 is 11.6 Å². The second kappa shape index (κ2) is 5.67. The van der Waals surface area contributed by atoms with Crippen LogP contribution < -0.4 is 0 Å². The maximum Gasteiger partial charge on any atom is 0.0822 e. The van der Waals surface area contributed by atoms with E-state index in [1.165, 1.54) is 12.8 Å². The number of aliphatic hydroxyl groups is 1. The standard InChI is InChI=1S/C17H23ClO2/c1-12-10-14(18)4-5-15(12)16(19)13-6-9-20-17(11-13)7-2-3-8-17/h4-5,10,13,16,19H,2-3,6-9,11H2,1H3. The fourth-order valence-electron chi connectivity index (χ4n) is 3.93. The van der Waals surface area contributed by atoms with Crippen LogP contribution in [0.25, 0.3) is 0 Å². The second-order valence-electron chi connectivity index (χ2n) is 6.44. The van der Waals surface area contributed by atoms with Gasteiger partial charge in [-0.3, -0.25) is 0 Å². The van der Waals surface area contributed by atoms with Gasteiger partial charge >= 0.3 is 0 Å². The molecule has 2 aliphatic rings. The van der Waals surface area contributed by atoms with Crippen molar-refractivity contribution in [1.82, 2.24) is 0 Å². The molecule has 2 fully saturated rings. The third-order valence-corrected chi connectivity index (χ3v) is 5.28. The molecule has 1 aromatic carbocycles. The fourth-order valence-corrected chi connectivity index (χ4v) is 4.15. The van der Waals surface area contributed by atoms with Crippen molar-refractivity contribution in [2.75, 3.05) is 6.61 Å². The Morgan fingerprint density at radius 1 is 1.35 bits per heavy atom. The summed E-state index contributed by atoms with van der Waals surface area (Å²) in [6, 6.07) is 5.78. The minimum atomic E-state index is -0.395. The largest absolute Gasteiger partial charge is 0.388 e. The first-order chi connectivity index (χ1) is 9.60. The molecule has 3 rings (SSSR count). The van der Waals surface area contributed by atoms with Gasteiger partial charge in [-0.2, -0.15) is 0 Å². The molecule has 1 N–H and O–H groups in total. The molecule has 0 amide bonds. The highest BCUT2D eigenvalue weighted by Gasteiger charge is 2.42. The Bertz CT molecular complexity index is 480. The van der Waals surface area contributed by atoms with Crippen molar-refractivity contribution in [3.05, 3.63) is 34.3 Å². The van der Waals surface area contributed by atoms with E-state index in [-0.39, 0.29) is 5.60 Å². The van der Waals surface area contributed by atoms with E-state index in [1.807, 2.05) is 25.1 Å². The summed E-state index contributed by atoms with van der Waals surface area (Å²) < 4.78 is 6.06. The number of benzene rings is 1. The Balaban J connectivity index is 1.77. The van der Waals surface area contributed by atoms with E-state index in [2.05, 4.69) is 0 Å². The van der Waals surface area contributed by atoms with Crippen LogP contribution in [-0.4, -0.2) is 17.3 Å². The van der Waals surface area contributed by atoms with Crippen molar-refractivity contribution in [3.63, 3.8) is 0 Å². The van der Waals surface area contributed by atoms with E-state index in [1.54, 1.807) is 0 Å². The number of halogens is 1. The molecule has 0 bridgehead atoms. The molecule has 20 heavy (non-hydrogen) atoms. The summed E-state index contributed by atoms with van der Waals surface area (Å²) in [6.45, 7) is 2.81. The molecule has 3 heteroatoms. The highest BCUT2D eigenvalue weighted by Crippen LogP contribution is 2.45. The predicted octanol–water partition coefficient (Wildman–Crippen LogP) is 4.42. The molecule has 1 spiro atoms. The molecule has 0 aromatic heterocycles. The SMILES string of the molecule is Cc1cc(Cl)ccc1C(O)C1CCOC2(CCCC2)C1. The molecule has 0 radical (unpaired) electrons. The molecule has 2 nitrogen and oxygen atoms in total. The Morgan fingerprint density at radius 3 is 2.80 bits per heavy atom. The van der Waals surface area contributed by atoms with Crippen LogP contribution in [0.15, 0.2) is 18.2 Å². The van der Waals surface area contributed by atoms with E-state index in [9.17, 15) is 5.11 Å². The average Bonchev–Trinajstić information content (AvgIpc) is 2.86. The number of hydrogen-bond donors (Lipinski definition) is 1. The lowest BCUT2D eigenvalue weighted by atomic mass is 9.79. The lowest BCUT2D eigenvalue weighted by Gasteiger charge is -2.40. The molecule has 1 aliphatic heterocycles. The maximum atomic E-state index is 10.8. The van der Waals surface area contributed by atoms with Gasteiger partial charge in [-0.25, -0.2) is 0 Å². The van der Waals surface area contributed by atoms with Gasteiger partial charge in [-0.15, -0.1) is 0 Å². The van der Waals surface area contributed by atoms with Crippen LogP contribution in [0.3, 0.4) is 0 Å². The molecule has 2 atom stereocenters. The van der Waals surface area contributed by atoms with Crippen LogP contribution in [0, 0.1) is 12.8 Å². The highest BCUT2D eigenvalue weighted by molar-refractivity contribution is 6.30. The maximum absolute atomic E-state index is 10.8. The molecular formula is C17H23ClO2. The lowest BCUT2D eigenvalue weighted by Crippen LogP contribution is -2.39. The van der Waals surface area contributed by atoms with E-state index in [4.69, 9.17) is 16.3 Å². The van der Waals surface area contributed by atoms with E-state index < -0.39 is 6.10 Å². The summed E-state index contributed by atoms with van der Waals surface area (Å²) in [6.07, 6.45) is 6.41. The topological polar surface area (TPSA) is 29.5 Å². The monoisotopic (exact) mass is 294 g/mol. The number of hydrogen-bond acceptors (Lipinski definition) is 2. The van der Waals surface area contributed by atoms with Crippen molar-refractivity contribution in [2.45, 2.75) is 57.2 Å². The Kier molecular flexibility index (Phi) is 4.07. The van der Waals surface area contributed by atoms with Crippen LogP contribution >= 0.6 is 11.6 Å². The molecule has 1 saturated heterocycles. The number of rotatable bonds is 2. The summed E-state index contributed by atoms with van der Waals surface area (Å²) in [5, 5.41) is 11.5. The van der Waals surface area contributed by atoms with Crippen LogP contribution in [-0.2, 0) is 4.74 Å². The molecule has 2 unspecified atom stereocenters. The normalized spacial score (nSPS) is 26.9. The zero-order valence-electron chi connectivity index (χ0n) is 12.1. The first-order valence-electron chi connectivity index (χ1n) is 7.68. The Morgan fingerprint density at radius 2 is 2.10 bits per heavy atom. The van der Waals surface area contributed by atoms with Crippen LogP contribution in [0.1, 0.15) is 55.8 Å². The minimum absolute atomic E-state index is 0.0597. The number of aliphatic hydroxyl groups excluding tert-OH is 1.